The largest absolute Gasteiger partial charge is 0.458 e. The first kappa shape index (κ1) is 13.4. The lowest BCUT2D eigenvalue weighted by Gasteiger charge is -2.23. The van der Waals surface area contributed by atoms with Gasteiger partial charge in [0.15, 0.2) is 6.10 Å². The molecule has 0 aliphatic carbocycles. The van der Waals surface area contributed by atoms with Crippen LogP contribution in [-0.2, 0) is 14.4 Å². The van der Waals surface area contributed by atoms with E-state index in [1.807, 2.05) is 34.6 Å². The maximum Gasteiger partial charge on any atom is 0.337 e. The zero-order valence-electron chi connectivity index (χ0n) is 9.66. The molecule has 14 heavy (non-hydrogen) atoms. The quantitative estimate of drug-likeness (QED) is 0.557. The molecule has 0 heterocycles. The summed E-state index contributed by atoms with van der Waals surface area (Å²) in [5.74, 6) is 4.99. The van der Waals surface area contributed by atoms with E-state index in [-0.39, 0.29) is 0 Å². The molecule has 4 heteroatoms. The summed E-state index contributed by atoms with van der Waals surface area (Å²) in [6, 6.07) is 0. The van der Waals surface area contributed by atoms with Gasteiger partial charge in [-0.3, -0.25) is 4.84 Å². The summed E-state index contributed by atoms with van der Waals surface area (Å²) in [4.78, 5) is 16.1. The zero-order valence-corrected chi connectivity index (χ0v) is 9.66. The van der Waals surface area contributed by atoms with Gasteiger partial charge < -0.3 is 4.74 Å². The molecule has 2 N–H and O–H groups in total. The predicted octanol–water partition coefficient (Wildman–Crippen LogP) is 1.63. The summed E-state index contributed by atoms with van der Waals surface area (Å²) in [6.07, 6.45) is -0.0833. The minimum atomic E-state index is -0.658. The molecule has 0 aromatic rings. The van der Waals surface area contributed by atoms with Gasteiger partial charge in [-0.1, -0.05) is 13.8 Å². The summed E-state index contributed by atoms with van der Waals surface area (Å²) < 4.78 is 5.15. The van der Waals surface area contributed by atoms with Crippen molar-refractivity contribution in [2.45, 2.75) is 52.7 Å². The zero-order chi connectivity index (χ0) is 11.4. The Labute approximate surface area is 85.7 Å². The number of hydrogen-bond acceptors (Lipinski definition) is 4. The van der Waals surface area contributed by atoms with Crippen molar-refractivity contribution in [3.63, 3.8) is 0 Å². The van der Waals surface area contributed by atoms with Crippen molar-refractivity contribution in [3.8, 4) is 0 Å². The number of carbonyl (C=O) groups is 1. The molecule has 4 nitrogen and oxygen atoms in total. The molecule has 0 spiro atoms. The number of ether oxygens (including phenoxy) is 1. The second kappa shape index (κ2) is 5.32. The number of carbonyl (C=O) groups excluding carboxylic acids is 1. The molecule has 0 radical (unpaired) electrons. The fourth-order valence-corrected chi connectivity index (χ4v) is 1.00. The number of esters is 1. The molecule has 0 fully saturated rings. The highest BCUT2D eigenvalue weighted by molar-refractivity contribution is 5.75. The second-order valence-electron chi connectivity index (χ2n) is 4.79. The maximum atomic E-state index is 11.5. The molecule has 0 aromatic carbocycles. The third-order valence-corrected chi connectivity index (χ3v) is 1.52. The minimum absolute atomic E-state index is 0.344. The van der Waals surface area contributed by atoms with Crippen LogP contribution in [0.4, 0.5) is 0 Å². The van der Waals surface area contributed by atoms with Gasteiger partial charge in [-0.15, -0.1) is 0 Å². The summed E-state index contributed by atoms with van der Waals surface area (Å²) >= 11 is 0. The van der Waals surface area contributed by atoms with Gasteiger partial charge in [0.2, 0.25) is 0 Å². The van der Waals surface area contributed by atoms with Gasteiger partial charge in [0, 0.05) is 0 Å². The lowest BCUT2D eigenvalue weighted by atomic mass is 10.1. The Hall–Kier alpha value is -0.610. The Morgan fingerprint density at radius 2 is 1.86 bits per heavy atom. The first-order valence-electron chi connectivity index (χ1n) is 4.84. The van der Waals surface area contributed by atoms with Crippen LogP contribution in [0.3, 0.4) is 0 Å². The standard InChI is InChI=1S/C10H21NO3/c1-7(2)6-8(14-11)9(12)13-10(3,4)5/h7-8H,6,11H2,1-5H3. The normalized spacial score (nSPS) is 14.2. The van der Waals surface area contributed by atoms with Gasteiger partial charge in [0.05, 0.1) is 0 Å². The van der Waals surface area contributed by atoms with E-state index in [1.165, 1.54) is 0 Å². The highest BCUT2D eigenvalue weighted by Gasteiger charge is 2.26. The molecule has 0 aliphatic rings. The van der Waals surface area contributed by atoms with E-state index >= 15 is 0 Å². The average molecular weight is 203 g/mol. The monoisotopic (exact) mass is 203 g/mol. The van der Waals surface area contributed by atoms with Crippen LogP contribution >= 0.6 is 0 Å². The first-order chi connectivity index (χ1) is 6.26. The fraction of sp³-hybridized carbons (Fsp3) is 0.900. The van der Waals surface area contributed by atoms with Gasteiger partial charge in [0.25, 0.3) is 0 Å². The summed E-state index contributed by atoms with van der Waals surface area (Å²) in [5, 5.41) is 0. The van der Waals surface area contributed by atoms with Crippen LogP contribution in [0.5, 0.6) is 0 Å². The lowest BCUT2D eigenvalue weighted by molar-refractivity contribution is -0.170. The molecule has 0 aliphatic heterocycles. The molecule has 0 saturated heterocycles. The Kier molecular flexibility index (Phi) is 5.08. The highest BCUT2D eigenvalue weighted by Crippen LogP contribution is 2.13. The van der Waals surface area contributed by atoms with E-state index < -0.39 is 17.7 Å². The molecule has 0 rings (SSSR count). The van der Waals surface area contributed by atoms with E-state index in [1.54, 1.807) is 0 Å². The average Bonchev–Trinajstić information content (AvgIpc) is 1.96. The van der Waals surface area contributed by atoms with E-state index in [0.29, 0.717) is 12.3 Å². The molecule has 1 atom stereocenters. The highest BCUT2D eigenvalue weighted by atomic mass is 16.7. The van der Waals surface area contributed by atoms with Gasteiger partial charge in [-0.2, -0.15) is 0 Å². The molecule has 0 saturated carbocycles. The SMILES string of the molecule is CC(C)CC(ON)C(=O)OC(C)(C)C. The summed E-state index contributed by atoms with van der Waals surface area (Å²) in [7, 11) is 0. The fourth-order valence-electron chi connectivity index (χ4n) is 1.00. The maximum absolute atomic E-state index is 11.5. The van der Waals surface area contributed by atoms with Gasteiger partial charge in [-0.05, 0) is 33.1 Å². The molecule has 1 unspecified atom stereocenters. The van der Waals surface area contributed by atoms with Gasteiger partial charge in [-0.25, -0.2) is 10.7 Å². The van der Waals surface area contributed by atoms with Crippen molar-refractivity contribution in [1.29, 1.82) is 0 Å². The molecule has 0 amide bonds. The van der Waals surface area contributed by atoms with E-state index in [9.17, 15) is 4.79 Å². The van der Waals surface area contributed by atoms with Crippen LogP contribution in [0.2, 0.25) is 0 Å². The van der Waals surface area contributed by atoms with Crippen molar-refractivity contribution in [2.75, 3.05) is 0 Å². The van der Waals surface area contributed by atoms with Crippen LogP contribution in [0, 0.1) is 5.92 Å². The van der Waals surface area contributed by atoms with Crippen molar-refractivity contribution < 1.29 is 14.4 Å². The molecular formula is C10H21NO3. The Balaban J connectivity index is 4.18. The number of rotatable bonds is 4. The van der Waals surface area contributed by atoms with Crippen LogP contribution in [0.1, 0.15) is 41.0 Å². The van der Waals surface area contributed by atoms with Gasteiger partial charge in [0.1, 0.15) is 5.60 Å². The molecule has 84 valence electrons. The number of hydrogen-bond donors (Lipinski definition) is 1. The van der Waals surface area contributed by atoms with E-state index in [0.717, 1.165) is 0 Å². The topological polar surface area (TPSA) is 61.5 Å². The van der Waals surface area contributed by atoms with Gasteiger partial charge >= 0.3 is 5.97 Å². The lowest BCUT2D eigenvalue weighted by Crippen LogP contribution is -2.35. The molecule has 0 bridgehead atoms. The molecular weight excluding hydrogens is 182 g/mol. The Bertz CT molecular complexity index is 184. The Morgan fingerprint density at radius 1 is 1.36 bits per heavy atom. The number of nitrogens with two attached hydrogens (primary N) is 1. The molecule has 0 aromatic heterocycles. The summed E-state index contributed by atoms with van der Waals surface area (Å²) in [6.45, 7) is 9.43. The van der Waals surface area contributed by atoms with Crippen molar-refractivity contribution >= 4 is 5.97 Å². The van der Waals surface area contributed by atoms with Crippen LogP contribution in [0.15, 0.2) is 0 Å². The minimum Gasteiger partial charge on any atom is -0.458 e. The van der Waals surface area contributed by atoms with Crippen LogP contribution < -0.4 is 5.90 Å². The van der Waals surface area contributed by atoms with E-state index in [4.69, 9.17) is 10.6 Å². The van der Waals surface area contributed by atoms with Crippen molar-refractivity contribution in [1.82, 2.24) is 0 Å². The van der Waals surface area contributed by atoms with E-state index in [2.05, 4.69) is 4.84 Å². The smallest absolute Gasteiger partial charge is 0.337 e. The summed E-state index contributed by atoms with van der Waals surface area (Å²) in [5.41, 5.74) is -0.495. The predicted molar refractivity (Wildman–Crippen MR) is 54.4 cm³/mol. The Morgan fingerprint density at radius 3 is 2.14 bits per heavy atom. The van der Waals surface area contributed by atoms with Crippen LogP contribution in [0.25, 0.3) is 0 Å². The van der Waals surface area contributed by atoms with Crippen LogP contribution in [-0.4, -0.2) is 17.7 Å². The first-order valence-corrected chi connectivity index (χ1v) is 4.84. The third-order valence-electron chi connectivity index (χ3n) is 1.52. The second-order valence-corrected chi connectivity index (χ2v) is 4.79. The third kappa shape index (κ3) is 5.94. The van der Waals surface area contributed by atoms with Crippen molar-refractivity contribution in [2.24, 2.45) is 11.8 Å². The van der Waals surface area contributed by atoms with Crippen molar-refractivity contribution in [3.05, 3.63) is 0 Å².